The minimum Gasteiger partial charge on any atom is -0.328 e. The van der Waals surface area contributed by atoms with Crippen molar-refractivity contribution in [2.45, 2.75) is 25.3 Å². The third-order valence-corrected chi connectivity index (χ3v) is 3.33. The van der Waals surface area contributed by atoms with Gasteiger partial charge in [-0.15, -0.1) is 0 Å². The van der Waals surface area contributed by atoms with Crippen LogP contribution in [0.1, 0.15) is 18.5 Å². The molecule has 90 valence electrons. The molecule has 0 radical (unpaired) electrons. The van der Waals surface area contributed by atoms with Crippen LogP contribution in [0, 0.1) is 0 Å². The smallest absolute Gasteiger partial charge is 0.147 e. The number of rotatable bonds is 6. The number of nitrogens with zero attached hydrogens (tertiary/aromatic N) is 1. The number of aromatic nitrogens is 1. The van der Waals surface area contributed by atoms with Crippen molar-refractivity contribution in [2.75, 3.05) is 12.0 Å². The van der Waals surface area contributed by atoms with Crippen molar-refractivity contribution in [2.24, 2.45) is 5.73 Å². The molecule has 5 heteroatoms. The highest BCUT2D eigenvalue weighted by Crippen LogP contribution is 2.04. The maximum atomic E-state index is 10.9. The normalized spacial score (nSPS) is 13.6. The van der Waals surface area contributed by atoms with Crippen LogP contribution >= 0.6 is 0 Å². The molecule has 16 heavy (non-hydrogen) atoms. The summed E-state index contributed by atoms with van der Waals surface area (Å²) in [5, 5.41) is 0. The Hall–Kier alpha value is -0.940. The first-order valence-corrected chi connectivity index (χ1v) is 7.36. The number of aryl methyl sites for hydroxylation is 1. The summed E-state index contributed by atoms with van der Waals surface area (Å²) in [4.78, 5) is 4.19. The molecule has 4 nitrogen and oxygen atoms in total. The van der Waals surface area contributed by atoms with Crippen molar-refractivity contribution in [3.05, 3.63) is 30.1 Å². The van der Waals surface area contributed by atoms with Gasteiger partial charge in [0.25, 0.3) is 0 Å². The van der Waals surface area contributed by atoms with Gasteiger partial charge >= 0.3 is 0 Å². The highest BCUT2D eigenvalue weighted by molar-refractivity contribution is 7.90. The van der Waals surface area contributed by atoms with E-state index in [0.717, 1.165) is 18.5 Å². The van der Waals surface area contributed by atoms with E-state index in [9.17, 15) is 8.42 Å². The second kappa shape index (κ2) is 5.96. The molecule has 1 heterocycles. The zero-order valence-electron chi connectivity index (χ0n) is 9.46. The van der Waals surface area contributed by atoms with Gasteiger partial charge in [-0.3, -0.25) is 4.98 Å². The van der Waals surface area contributed by atoms with E-state index in [1.54, 1.807) is 6.20 Å². The number of hydrogen-bond acceptors (Lipinski definition) is 4. The average molecular weight is 242 g/mol. The molecule has 1 unspecified atom stereocenters. The quantitative estimate of drug-likeness (QED) is 0.800. The van der Waals surface area contributed by atoms with Crippen LogP contribution in [0.15, 0.2) is 24.4 Å². The first-order valence-electron chi connectivity index (χ1n) is 5.30. The largest absolute Gasteiger partial charge is 0.328 e. The summed E-state index contributed by atoms with van der Waals surface area (Å²) in [5.74, 6) is 0.163. The Morgan fingerprint density at radius 3 is 2.69 bits per heavy atom. The summed E-state index contributed by atoms with van der Waals surface area (Å²) in [6.45, 7) is 0. The van der Waals surface area contributed by atoms with E-state index in [1.807, 2.05) is 18.2 Å². The zero-order chi connectivity index (χ0) is 12.0. The van der Waals surface area contributed by atoms with Gasteiger partial charge in [0.2, 0.25) is 0 Å². The van der Waals surface area contributed by atoms with Gasteiger partial charge in [0, 0.05) is 24.2 Å². The molecule has 2 N–H and O–H groups in total. The number of sulfone groups is 1. The Balaban J connectivity index is 2.28. The Morgan fingerprint density at radius 1 is 1.38 bits per heavy atom. The van der Waals surface area contributed by atoms with Crippen molar-refractivity contribution in [1.29, 1.82) is 0 Å². The van der Waals surface area contributed by atoms with E-state index in [2.05, 4.69) is 4.98 Å². The van der Waals surface area contributed by atoms with Crippen LogP contribution in [0.5, 0.6) is 0 Å². The molecule has 1 aromatic heterocycles. The van der Waals surface area contributed by atoms with Crippen molar-refractivity contribution in [3.63, 3.8) is 0 Å². The lowest BCUT2D eigenvalue weighted by atomic mass is 10.1. The summed E-state index contributed by atoms with van der Waals surface area (Å²) in [5.41, 5.74) is 6.83. The fourth-order valence-corrected chi connectivity index (χ4v) is 2.12. The summed E-state index contributed by atoms with van der Waals surface area (Å²) in [6.07, 6.45) is 5.07. The molecule has 0 saturated carbocycles. The third kappa shape index (κ3) is 5.82. The number of pyridine rings is 1. The fraction of sp³-hybridized carbons (Fsp3) is 0.545. The first-order chi connectivity index (χ1) is 7.47. The molecule has 0 amide bonds. The van der Waals surface area contributed by atoms with Crippen LogP contribution in [0.4, 0.5) is 0 Å². The number of hydrogen-bond donors (Lipinski definition) is 1. The predicted molar refractivity (Wildman–Crippen MR) is 64.9 cm³/mol. The van der Waals surface area contributed by atoms with Gasteiger partial charge in [0.05, 0.1) is 5.75 Å². The molecular formula is C11H18N2O2S. The molecule has 0 aliphatic heterocycles. The van der Waals surface area contributed by atoms with Gasteiger partial charge in [0.15, 0.2) is 0 Å². The maximum Gasteiger partial charge on any atom is 0.147 e. The minimum atomic E-state index is -2.90. The lowest BCUT2D eigenvalue weighted by molar-refractivity contribution is 0.568. The minimum absolute atomic E-state index is 0.0725. The van der Waals surface area contributed by atoms with Gasteiger partial charge in [-0.1, -0.05) is 6.07 Å². The standard InChI is InChI=1S/C11H18N2O2S/c1-16(14,15)9-7-10(12)5-6-11-4-2-3-8-13-11/h2-4,8,10H,5-7,9,12H2,1H3. The van der Waals surface area contributed by atoms with Crippen molar-refractivity contribution >= 4 is 9.84 Å². The molecule has 0 aliphatic carbocycles. The van der Waals surface area contributed by atoms with Crippen molar-refractivity contribution in [3.8, 4) is 0 Å². The van der Waals surface area contributed by atoms with Gasteiger partial charge in [0.1, 0.15) is 9.84 Å². The average Bonchev–Trinajstić information content (AvgIpc) is 2.24. The Bertz CT molecular complexity index is 403. The predicted octanol–water partition coefficient (Wildman–Crippen LogP) is 0.776. The molecule has 1 atom stereocenters. The Kier molecular flexibility index (Phi) is 4.89. The second-order valence-corrected chi connectivity index (χ2v) is 6.30. The summed E-state index contributed by atoms with van der Waals surface area (Å²) in [6, 6.07) is 5.68. The zero-order valence-corrected chi connectivity index (χ0v) is 10.3. The molecule has 1 rings (SSSR count). The van der Waals surface area contributed by atoms with Crippen molar-refractivity contribution < 1.29 is 8.42 Å². The molecule has 1 aromatic rings. The van der Waals surface area contributed by atoms with Gasteiger partial charge in [-0.05, 0) is 31.4 Å². The maximum absolute atomic E-state index is 10.9. The van der Waals surface area contributed by atoms with E-state index in [-0.39, 0.29) is 11.8 Å². The van der Waals surface area contributed by atoms with Crippen molar-refractivity contribution in [1.82, 2.24) is 4.98 Å². The lowest BCUT2D eigenvalue weighted by Gasteiger charge is -2.09. The second-order valence-electron chi connectivity index (χ2n) is 4.04. The monoisotopic (exact) mass is 242 g/mol. The first kappa shape index (κ1) is 13.1. The summed E-state index contributed by atoms with van der Waals surface area (Å²) >= 11 is 0. The van der Waals surface area contributed by atoms with E-state index in [1.165, 1.54) is 6.26 Å². The highest BCUT2D eigenvalue weighted by Gasteiger charge is 2.08. The molecule has 0 aromatic carbocycles. The summed E-state index contributed by atoms with van der Waals surface area (Å²) < 4.78 is 21.9. The molecule has 0 aliphatic rings. The van der Waals surface area contributed by atoms with Crippen LogP contribution in [0.25, 0.3) is 0 Å². The molecule has 0 saturated heterocycles. The molecule has 0 spiro atoms. The van der Waals surface area contributed by atoms with Gasteiger partial charge in [-0.25, -0.2) is 8.42 Å². The highest BCUT2D eigenvalue weighted by atomic mass is 32.2. The molecular weight excluding hydrogens is 224 g/mol. The SMILES string of the molecule is CS(=O)(=O)CCC(N)CCc1ccccn1. The molecule has 0 fully saturated rings. The van der Waals surface area contributed by atoms with E-state index < -0.39 is 9.84 Å². The van der Waals surface area contributed by atoms with E-state index in [0.29, 0.717) is 6.42 Å². The van der Waals surface area contributed by atoms with Crippen LogP contribution < -0.4 is 5.73 Å². The Morgan fingerprint density at radius 2 is 2.12 bits per heavy atom. The molecule has 0 bridgehead atoms. The van der Waals surface area contributed by atoms with Crippen LogP contribution in [-0.2, 0) is 16.3 Å². The fourth-order valence-electron chi connectivity index (χ4n) is 1.39. The third-order valence-electron chi connectivity index (χ3n) is 2.36. The van der Waals surface area contributed by atoms with E-state index in [4.69, 9.17) is 5.73 Å². The number of nitrogens with two attached hydrogens (primary N) is 1. The summed E-state index contributed by atoms with van der Waals surface area (Å²) in [7, 11) is -2.90. The van der Waals surface area contributed by atoms with Crippen LogP contribution in [-0.4, -0.2) is 31.5 Å². The van der Waals surface area contributed by atoms with Crippen LogP contribution in [0.3, 0.4) is 0 Å². The van der Waals surface area contributed by atoms with Gasteiger partial charge in [-0.2, -0.15) is 0 Å². The Labute approximate surface area is 96.8 Å². The van der Waals surface area contributed by atoms with E-state index >= 15 is 0 Å². The van der Waals surface area contributed by atoms with Crippen LogP contribution in [0.2, 0.25) is 0 Å². The topological polar surface area (TPSA) is 73.0 Å². The lowest BCUT2D eigenvalue weighted by Crippen LogP contribution is -2.24. The van der Waals surface area contributed by atoms with Gasteiger partial charge < -0.3 is 5.73 Å².